The molecule has 5 fully saturated rings. The molecule has 2 unspecified atom stereocenters. The van der Waals surface area contributed by atoms with Gasteiger partial charge in [0.05, 0.1) is 12.3 Å². The summed E-state index contributed by atoms with van der Waals surface area (Å²) in [5.74, 6) is 3.51. The SMILES string of the molecule is CSc1ccccc1CNc1ncc(C#N)c(NCC23CC4C[C@H](C2)[C@H](N[C@H]2CC[C@H](O)CC2)[C@@H](C4)C3)n1. The summed E-state index contributed by atoms with van der Waals surface area (Å²) in [6.07, 6.45) is 14.2. The van der Waals surface area contributed by atoms with E-state index in [9.17, 15) is 10.4 Å². The lowest BCUT2D eigenvalue weighted by Gasteiger charge is -2.61. The van der Waals surface area contributed by atoms with Crippen LogP contribution in [0.5, 0.6) is 0 Å². The number of hydrogen-bond acceptors (Lipinski definition) is 8. The Kier molecular flexibility index (Phi) is 7.52. The van der Waals surface area contributed by atoms with Crippen molar-refractivity contribution in [3.8, 4) is 6.07 Å². The van der Waals surface area contributed by atoms with Crippen molar-refractivity contribution in [3.63, 3.8) is 0 Å². The van der Waals surface area contributed by atoms with Crippen molar-refractivity contribution in [3.05, 3.63) is 41.6 Å². The maximum absolute atomic E-state index is 9.91. The van der Waals surface area contributed by atoms with Crippen molar-refractivity contribution in [2.24, 2.45) is 23.2 Å². The standard InChI is InChI=1S/C30H40N6OS/c1-38-26-5-3-2-4-20(26)16-32-29-33-17-23(15-31)28(36-29)34-18-30-12-19-10-21(13-30)27(22(11-19)14-30)35-24-6-8-25(37)9-7-24/h2-5,17,19,21-22,24-25,27,35,37H,6-14,16,18H2,1H3,(H2,32,33,34,36)/t19?,21-,22+,24-,25-,27+,30?. The Morgan fingerprint density at radius 1 is 1.08 bits per heavy atom. The van der Waals surface area contributed by atoms with Crippen LogP contribution >= 0.6 is 11.8 Å². The first-order valence-electron chi connectivity index (χ1n) is 14.3. The lowest BCUT2D eigenvalue weighted by atomic mass is 9.47. The van der Waals surface area contributed by atoms with Gasteiger partial charge in [0.2, 0.25) is 5.95 Å². The number of nitrogens with zero attached hydrogens (tertiary/aromatic N) is 3. The number of aliphatic hydroxyl groups is 1. The Labute approximate surface area is 230 Å². The van der Waals surface area contributed by atoms with Crippen LogP contribution < -0.4 is 16.0 Å². The van der Waals surface area contributed by atoms with Crippen LogP contribution in [0.25, 0.3) is 0 Å². The fraction of sp³-hybridized carbons (Fsp3) is 0.633. The van der Waals surface area contributed by atoms with Gasteiger partial charge in [0.1, 0.15) is 17.5 Å². The van der Waals surface area contributed by atoms with Crippen molar-refractivity contribution >= 4 is 23.5 Å². The number of aliphatic hydroxyl groups excluding tert-OH is 1. The van der Waals surface area contributed by atoms with Crippen LogP contribution in [0.1, 0.15) is 68.9 Å². The molecule has 1 aromatic carbocycles. The van der Waals surface area contributed by atoms with Crippen LogP contribution in [0.15, 0.2) is 35.4 Å². The average molecular weight is 533 g/mol. The predicted octanol–water partition coefficient (Wildman–Crippen LogP) is 5.18. The van der Waals surface area contributed by atoms with Crippen molar-refractivity contribution in [1.29, 1.82) is 5.26 Å². The molecular weight excluding hydrogens is 492 g/mol. The van der Waals surface area contributed by atoms with Crippen molar-refractivity contribution in [2.45, 2.75) is 87.4 Å². The van der Waals surface area contributed by atoms with Gasteiger partial charge in [-0.05, 0) is 98.8 Å². The minimum Gasteiger partial charge on any atom is -0.393 e. The van der Waals surface area contributed by atoms with E-state index >= 15 is 0 Å². The normalized spacial score (nSPS) is 33.6. The van der Waals surface area contributed by atoms with Gasteiger partial charge in [0, 0.05) is 30.1 Å². The van der Waals surface area contributed by atoms with E-state index in [1.807, 2.05) is 0 Å². The van der Waals surface area contributed by atoms with Crippen molar-refractivity contribution < 1.29 is 5.11 Å². The molecule has 5 aliphatic rings. The van der Waals surface area contributed by atoms with Gasteiger partial charge >= 0.3 is 0 Å². The third kappa shape index (κ3) is 5.38. The first kappa shape index (κ1) is 25.9. The summed E-state index contributed by atoms with van der Waals surface area (Å²) >= 11 is 1.73. The fourth-order valence-corrected chi connectivity index (χ4v) is 8.79. The smallest absolute Gasteiger partial charge is 0.224 e. The van der Waals surface area contributed by atoms with Gasteiger partial charge < -0.3 is 21.1 Å². The third-order valence-corrected chi connectivity index (χ3v) is 10.5. The van der Waals surface area contributed by atoms with Crippen molar-refractivity contribution in [2.75, 3.05) is 23.4 Å². The van der Waals surface area contributed by atoms with Crippen LogP contribution in [0.4, 0.5) is 11.8 Å². The van der Waals surface area contributed by atoms with E-state index in [1.54, 1.807) is 18.0 Å². The first-order valence-corrected chi connectivity index (χ1v) is 15.6. The second kappa shape index (κ2) is 11.0. The van der Waals surface area contributed by atoms with Gasteiger partial charge in [-0.3, -0.25) is 0 Å². The highest BCUT2D eigenvalue weighted by Gasteiger charge is 2.55. The summed E-state index contributed by atoms with van der Waals surface area (Å²) in [7, 11) is 0. The maximum Gasteiger partial charge on any atom is 0.224 e. The second-order valence-electron chi connectivity index (χ2n) is 12.3. The van der Waals surface area contributed by atoms with Crippen LogP contribution in [-0.4, -0.2) is 46.1 Å². The van der Waals surface area contributed by atoms with Gasteiger partial charge in [0.15, 0.2) is 0 Å². The molecule has 7 nitrogen and oxygen atoms in total. The van der Waals surface area contributed by atoms with E-state index < -0.39 is 0 Å². The molecule has 4 N–H and O–H groups in total. The van der Waals surface area contributed by atoms with E-state index in [0.717, 1.165) is 50.0 Å². The van der Waals surface area contributed by atoms with Gasteiger partial charge in [0.25, 0.3) is 0 Å². The molecule has 8 heteroatoms. The minimum absolute atomic E-state index is 0.0946. The number of anilines is 2. The summed E-state index contributed by atoms with van der Waals surface area (Å²) in [5.41, 5.74) is 2.01. The zero-order chi connectivity index (χ0) is 26.1. The lowest BCUT2D eigenvalue weighted by Crippen LogP contribution is -2.61. The molecule has 5 aliphatic carbocycles. The second-order valence-corrected chi connectivity index (χ2v) is 13.1. The van der Waals surface area contributed by atoms with Gasteiger partial charge in [-0.2, -0.15) is 10.2 Å². The van der Waals surface area contributed by atoms with Gasteiger partial charge in [-0.25, -0.2) is 4.98 Å². The highest BCUT2D eigenvalue weighted by Crippen LogP contribution is 2.60. The summed E-state index contributed by atoms with van der Waals surface area (Å²) in [5, 5.41) is 30.7. The molecule has 7 rings (SSSR count). The Balaban J connectivity index is 1.10. The van der Waals surface area contributed by atoms with E-state index in [1.165, 1.54) is 42.6 Å². The molecule has 5 saturated carbocycles. The molecule has 0 saturated heterocycles. The molecule has 2 aromatic rings. The summed E-state index contributed by atoms with van der Waals surface area (Å²) in [6.45, 7) is 1.52. The van der Waals surface area contributed by atoms with E-state index in [4.69, 9.17) is 4.98 Å². The number of hydrogen-bond donors (Lipinski definition) is 4. The van der Waals surface area contributed by atoms with E-state index in [2.05, 4.69) is 57.5 Å². The Bertz CT molecular complexity index is 1160. The minimum atomic E-state index is -0.0946. The highest BCUT2D eigenvalue weighted by atomic mass is 32.2. The molecule has 0 radical (unpaired) electrons. The number of thioether (sulfide) groups is 1. The molecule has 5 atom stereocenters. The Morgan fingerprint density at radius 3 is 2.58 bits per heavy atom. The molecule has 0 spiro atoms. The number of benzene rings is 1. The molecule has 1 heterocycles. The number of nitrogens with one attached hydrogen (secondary N) is 3. The first-order chi connectivity index (χ1) is 18.5. The Morgan fingerprint density at radius 2 is 1.84 bits per heavy atom. The Hall–Kier alpha value is -2.34. The molecule has 0 aliphatic heterocycles. The number of rotatable bonds is 9. The largest absolute Gasteiger partial charge is 0.393 e. The summed E-state index contributed by atoms with van der Waals surface area (Å²) < 4.78 is 0. The zero-order valence-electron chi connectivity index (χ0n) is 22.3. The number of nitriles is 1. The van der Waals surface area contributed by atoms with Crippen LogP contribution in [0.3, 0.4) is 0 Å². The van der Waals surface area contributed by atoms with Crippen LogP contribution in [-0.2, 0) is 6.54 Å². The monoisotopic (exact) mass is 532 g/mol. The lowest BCUT2D eigenvalue weighted by molar-refractivity contribution is -0.0737. The molecule has 1 aromatic heterocycles. The number of aromatic nitrogens is 2. The molecule has 0 amide bonds. The quantitative estimate of drug-likeness (QED) is 0.327. The molecule has 38 heavy (non-hydrogen) atoms. The van der Waals surface area contributed by atoms with Crippen LogP contribution in [0.2, 0.25) is 0 Å². The predicted molar refractivity (Wildman–Crippen MR) is 152 cm³/mol. The molecular formula is C30H40N6OS. The average Bonchev–Trinajstić information content (AvgIpc) is 2.93. The highest BCUT2D eigenvalue weighted by molar-refractivity contribution is 7.98. The van der Waals surface area contributed by atoms with Crippen molar-refractivity contribution in [1.82, 2.24) is 15.3 Å². The van der Waals surface area contributed by atoms with Gasteiger partial charge in [-0.1, -0.05) is 18.2 Å². The van der Waals surface area contributed by atoms with E-state index in [0.29, 0.717) is 41.4 Å². The zero-order valence-corrected chi connectivity index (χ0v) is 23.1. The maximum atomic E-state index is 9.91. The van der Waals surface area contributed by atoms with E-state index in [-0.39, 0.29) is 6.10 Å². The molecule has 202 valence electrons. The summed E-state index contributed by atoms with van der Waals surface area (Å²) in [4.78, 5) is 10.4. The molecule has 4 bridgehead atoms. The summed E-state index contributed by atoms with van der Waals surface area (Å²) in [6, 6.07) is 11.8. The van der Waals surface area contributed by atoms with Crippen LogP contribution in [0, 0.1) is 34.5 Å². The third-order valence-electron chi connectivity index (χ3n) is 9.69. The van der Waals surface area contributed by atoms with Gasteiger partial charge in [-0.15, -0.1) is 11.8 Å². The topological polar surface area (TPSA) is 106 Å². The fourth-order valence-electron chi connectivity index (χ4n) is 8.17.